The van der Waals surface area contributed by atoms with Gasteiger partial charge in [0.05, 0.1) is 5.92 Å². The molecular weight excluding hydrogens is 384 g/mol. The first kappa shape index (κ1) is 20.9. The number of halogens is 1. The maximum atomic E-state index is 12.8. The van der Waals surface area contributed by atoms with E-state index in [1.54, 1.807) is 30.5 Å². The molecule has 0 aliphatic heterocycles. The second-order valence-electron chi connectivity index (χ2n) is 7.97. The lowest BCUT2D eigenvalue weighted by atomic mass is 9.86. The molecule has 1 N–H and O–H groups in total. The van der Waals surface area contributed by atoms with Crippen molar-refractivity contribution in [2.45, 2.75) is 39.0 Å². The van der Waals surface area contributed by atoms with Gasteiger partial charge >= 0.3 is 0 Å². The highest BCUT2D eigenvalue weighted by Gasteiger charge is 2.21. The van der Waals surface area contributed by atoms with Crippen LogP contribution in [-0.4, -0.2) is 10.9 Å². The number of rotatable bonds is 5. The van der Waals surface area contributed by atoms with Crippen molar-refractivity contribution in [1.29, 1.82) is 0 Å². The molecule has 5 heteroatoms. The number of amides is 1. The van der Waals surface area contributed by atoms with Crippen LogP contribution in [0, 0.1) is 0 Å². The molecule has 0 spiro atoms. The molecule has 3 aromatic rings. The van der Waals surface area contributed by atoms with Gasteiger partial charge in [-0.2, -0.15) is 0 Å². The number of pyridine rings is 1. The van der Waals surface area contributed by atoms with Crippen LogP contribution < -0.4 is 10.1 Å². The van der Waals surface area contributed by atoms with E-state index in [1.807, 2.05) is 43.3 Å². The molecule has 0 fully saturated rings. The van der Waals surface area contributed by atoms with Crippen molar-refractivity contribution in [3.8, 4) is 11.6 Å². The van der Waals surface area contributed by atoms with E-state index in [2.05, 4.69) is 31.1 Å². The Morgan fingerprint density at radius 1 is 1.03 bits per heavy atom. The Morgan fingerprint density at radius 3 is 2.41 bits per heavy atom. The van der Waals surface area contributed by atoms with E-state index in [9.17, 15) is 4.79 Å². The van der Waals surface area contributed by atoms with Crippen LogP contribution in [-0.2, 0) is 10.2 Å². The number of anilines is 1. The standard InChI is InChI=1S/C24H25ClN2O2/c1-16(17-11-13-18(25)14-12-17)22(28)27-20-9-7-15-26-23(20)29-21-10-6-5-8-19(21)24(2,3)4/h5-16H,1-4H3,(H,27,28). The van der Waals surface area contributed by atoms with Crippen molar-refractivity contribution in [2.24, 2.45) is 0 Å². The van der Waals surface area contributed by atoms with Gasteiger partial charge in [0.15, 0.2) is 0 Å². The molecule has 0 bridgehead atoms. The Hall–Kier alpha value is -2.85. The summed E-state index contributed by atoms with van der Waals surface area (Å²) in [5.41, 5.74) is 2.40. The molecule has 0 radical (unpaired) electrons. The maximum absolute atomic E-state index is 12.8. The van der Waals surface area contributed by atoms with Crippen LogP contribution in [0.2, 0.25) is 5.02 Å². The molecule has 1 atom stereocenters. The zero-order valence-corrected chi connectivity index (χ0v) is 17.8. The average Bonchev–Trinajstić information content (AvgIpc) is 2.69. The van der Waals surface area contributed by atoms with Crippen molar-refractivity contribution in [1.82, 2.24) is 4.98 Å². The predicted molar refractivity (Wildman–Crippen MR) is 118 cm³/mol. The van der Waals surface area contributed by atoms with Crippen molar-refractivity contribution >= 4 is 23.2 Å². The number of nitrogens with one attached hydrogen (secondary N) is 1. The largest absolute Gasteiger partial charge is 0.437 e. The van der Waals surface area contributed by atoms with Crippen LogP contribution >= 0.6 is 11.6 Å². The third-order valence-corrected chi connectivity index (χ3v) is 4.95. The average molecular weight is 409 g/mol. The second-order valence-corrected chi connectivity index (χ2v) is 8.40. The summed E-state index contributed by atoms with van der Waals surface area (Å²) in [7, 11) is 0. The Balaban J connectivity index is 1.83. The minimum atomic E-state index is -0.345. The topological polar surface area (TPSA) is 51.2 Å². The van der Waals surface area contributed by atoms with E-state index in [0.717, 1.165) is 16.9 Å². The lowest BCUT2D eigenvalue weighted by Gasteiger charge is -2.23. The first-order valence-corrected chi connectivity index (χ1v) is 9.92. The number of hydrogen-bond acceptors (Lipinski definition) is 3. The van der Waals surface area contributed by atoms with Crippen molar-refractivity contribution in [2.75, 3.05) is 5.32 Å². The number of hydrogen-bond donors (Lipinski definition) is 1. The van der Waals surface area contributed by atoms with Gasteiger partial charge in [-0.05, 0) is 48.2 Å². The molecule has 1 heterocycles. The fourth-order valence-corrected chi connectivity index (χ4v) is 3.12. The van der Waals surface area contributed by atoms with Crippen molar-refractivity contribution < 1.29 is 9.53 Å². The first-order chi connectivity index (χ1) is 13.8. The number of benzene rings is 2. The number of ether oxygens (including phenoxy) is 1. The third-order valence-electron chi connectivity index (χ3n) is 4.69. The summed E-state index contributed by atoms with van der Waals surface area (Å²) in [5.74, 6) is 0.595. The maximum Gasteiger partial charge on any atom is 0.243 e. The van der Waals surface area contributed by atoms with Crippen LogP contribution in [0.1, 0.15) is 44.7 Å². The molecule has 29 heavy (non-hydrogen) atoms. The number of carbonyl (C=O) groups excluding carboxylic acids is 1. The lowest BCUT2D eigenvalue weighted by Crippen LogP contribution is -2.19. The monoisotopic (exact) mass is 408 g/mol. The van der Waals surface area contributed by atoms with Gasteiger partial charge in [-0.3, -0.25) is 4.79 Å². The van der Waals surface area contributed by atoms with Gasteiger partial charge in [-0.15, -0.1) is 0 Å². The molecule has 1 unspecified atom stereocenters. The summed E-state index contributed by atoms with van der Waals surface area (Å²) >= 11 is 5.94. The number of carbonyl (C=O) groups is 1. The Morgan fingerprint density at radius 2 is 1.72 bits per heavy atom. The van der Waals surface area contributed by atoms with Gasteiger partial charge < -0.3 is 10.1 Å². The number of nitrogens with zero attached hydrogens (tertiary/aromatic N) is 1. The summed E-state index contributed by atoms with van der Waals surface area (Å²) in [4.78, 5) is 17.1. The molecule has 150 valence electrons. The molecule has 0 aliphatic rings. The van der Waals surface area contributed by atoms with Crippen molar-refractivity contribution in [3.05, 3.63) is 83.0 Å². The Bertz CT molecular complexity index is 994. The van der Waals surface area contributed by atoms with Crippen LogP contribution in [0.25, 0.3) is 0 Å². The first-order valence-electron chi connectivity index (χ1n) is 9.54. The van der Waals surface area contributed by atoms with Crippen molar-refractivity contribution in [3.63, 3.8) is 0 Å². The summed E-state index contributed by atoms with van der Waals surface area (Å²) < 4.78 is 6.13. The molecule has 1 aromatic heterocycles. The smallest absolute Gasteiger partial charge is 0.243 e. The van der Waals surface area contributed by atoms with Gasteiger partial charge in [0.25, 0.3) is 0 Å². The second kappa shape index (κ2) is 8.66. The van der Waals surface area contributed by atoms with E-state index in [4.69, 9.17) is 16.3 Å². The summed E-state index contributed by atoms with van der Waals surface area (Å²) in [5, 5.41) is 3.58. The number of para-hydroxylation sites is 1. The molecule has 3 rings (SSSR count). The highest BCUT2D eigenvalue weighted by molar-refractivity contribution is 6.30. The van der Waals surface area contributed by atoms with E-state index in [1.165, 1.54) is 0 Å². The lowest BCUT2D eigenvalue weighted by molar-refractivity contribution is -0.117. The molecule has 0 saturated heterocycles. The van der Waals surface area contributed by atoms with E-state index >= 15 is 0 Å². The van der Waals surface area contributed by atoms with Gasteiger partial charge in [-0.1, -0.05) is 62.7 Å². The van der Waals surface area contributed by atoms with Gasteiger partial charge in [0.1, 0.15) is 11.4 Å². The van der Waals surface area contributed by atoms with Gasteiger partial charge in [0, 0.05) is 16.8 Å². The van der Waals surface area contributed by atoms with Crippen LogP contribution in [0.3, 0.4) is 0 Å². The van der Waals surface area contributed by atoms with Crippen LogP contribution in [0.4, 0.5) is 5.69 Å². The van der Waals surface area contributed by atoms with Crippen LogP contribution in [0.15, 0.2) is 66.9 Å². The fraction of sp³-hybridized carbons (Fsp3) is 0.250. The zero-order chi connectivity index (χ0) is 21.0. The molecule has 1 amide bonds. The predicted octanol–water partition coefficient (Wildman–Crippen LogP) is 6.57. The molecular formula is C24H25ClN2O2. The molecule has 2 aromatic carbocycles. The van der Waals surface area contributed by atoms with Gasteiger partial charge in [0.2, 0.25) is 11.8 Å². The van der Waals surface area contributed by atoms with Gasteiger partial charge in [-0.25, -0.2) is 4.98 Å². The normalized spacial score (nSPS) is 12.3. The zero-order valence-electron chi connectivity index (χ0n) is 17.1. The van der Waals surface area contributed by atoms with E-state index < -0.39 is 0 Å². The molecule has 0 aliphatic carbocycles. The molecule has 0 saturated carbocycles. The Kier molecular flexibility index (Phi) is 6.23. The summed E-state index contributed by atoms with van der Waals surface area (Å²) in [6.45, 7) is 8.24. The number of aromatic nitrogens is 1. The van der Waals surface area contributed by atoms with Crippen LogP contribution in [0.5, 0.6) is 11.6 Å². The summed E-state index contributed by atoms with van der Waals surface area (Å²) in [6.07, 6.45) is 1.65. The highest BCUT2D eigenvalue weighted by Crippen LogP contribution is 2.35. The minimum absolute atomic E-state index is 0.0854. The van der Waals surface area contributed by atoms with E-state index in [-0.39, 0.29) is 17.2 Å². The highest BCUT2D eigenvalue weighted by atomic mass is 35.5. The minimum Gasteiger partial charge on any atom is -0.437 e. The Labute approximate surface area is 176 Å². The molecule has 4 nitrogen and oxygen atoms in total. The summed E-state index contributed by atoms with van der Waals surface area (Å²) in [6, 6.07) is 18.7. The quantitative estimate of drug-likeness (QED) is 0.519. The third kappa shape index (κ3) is 5.15. The SMILES string of the molecule is CC(C(=O)Nc1cccnc1Oc1ccccc1C(C)(C)C)c1ccc(Cl)cc1. The fourth-order valence-electron chi connectivity index (χ4n) is 2.99. The van der Waals surface area contributed by atoms with E-state index in [0.29, 0.717) is 16.6 Å².